The minimum Gasteiger partial charge on any atom is -0.322 e. The highest BCUT2D eigenvalue weighted by Crippen LogP contribution is 2.20. The summed E-state index contributed by atoms with van der Waals surface area (Å²) >= 11 is 3.37. The monoisotopic (exact) mass is 414 g/mol. The molecule has 0 spiro atoms. The van der Waals surface area contributed by atoms with Gasteiger partial charge in [0.2, 0.25) is 0 Å². The maximum absolute atomic E-state index is 13.3. The van der Waals surface area contributed by atoms with E-state index >= 15 is 0 Å². The van der Waals surface area contributed by atoms with E-state index in [2.05, 4.69) is 21.2 Å². The fourth-order valence-corrected chi connectivity index (χ4v) is 3.10. The lowest BCUT2D eigenvalue weighted by atomic mass is 10.1. The van der Waals surface area contributed by atoms with E-state index in [4.69, 9.17) is 0 Å². The Balaban J connectivity index is 1.86. The van der Waals surface area contributed by atoms with Gasteiger partial charge in [-0.1, -0.05) is 28.1 Å². The van der Waals surface area contributed by atoms with Gasteiger partial charge in [0.15, 0.2) is 0 Å². The zero-order valence-electron chi connectivity index (χ0n) is 14.0. The van der Waals surface area contributed by atoms with Crippen LogP contribution in [0.15, 0.2) is 70.1 Å². The second-order valence-corrected chi connectivity index (χ2v) is 6.81. The van der Waals surface area contributed by atoms with Gasteiger partial charge in [-0.2, -0.15) is 0 Å². The summed E-state index contributed by atoms with van der Waals surface area (Å²) in [7, 11) is 0. The standard InChI is InChI=1S/C20H16BrFN2O2/c1-13-10-15(21)7-8-18(13)23-19(25)17-6-3-9-24(20(17)26)12-14-4-2-5-16(22)11-14/h2-11H,12H2,1H3,(H,23,25). The molecule has 1 N–H and O–H groups in total. The van der Waals surface area contributed by atoms with E-state index < -0.39 is 11.5 Å². The second kappa shape index (κ2) is 7.66. The highest BCUT2D eigenvalue weighted by Gasteiger charge is 2.13. The van der Waals surface area contributed by atoms with Crippen LogP contribution < -0.4 is 10.9 Å². The molecule has 4 nitrogen and oxygen atoms in total. The zero-order valence-corrected chi connectivity index (χ0v) is 15.6. The molecule has 0 saturated heterocycles. The Morgan fingerprint density at radius 2 is 1.96 bits per heavy atom. The molecule has 0 unspecified atom stereocenters. The molecule has 26 heavy (non-hydrogen) atoms. The molecule has 1 aromatic heterocycles. The fourth-order valence-electron chi connectivity index (χ4n) is 2.62. The molecule has 0 saturated carbocycles. The van der Waals surface area contributed by atoms with Crippen molar-refractivity contribution in [1.82, 2.24) is 4.57 Å². The Bertz CT molecular complexity index is 1030. The van der Waals surface area contributed by atoms with E-state index in [0.29, 0.717) is 11.3 Å². The lowest BCUT2D eigenvalue weighted by Gasteiger charge is -2.11. The third-order valence-corrected chi connectivity index (χ3v) is 4.44. The van der Waals surface area contributed by atoms with E-state index in [-0.39, 0.29) is 17.9 Å². The smallest absolute Gasteiger partial charge is 0.263 e. The minimum atomic E-state index is -0.478. The third kappa shape index (κ3) is 4.08. The largest absolute Gasteiger partial charge is 0.322 e. The number of nitrogens with one attached hydrogen (secondary N) is 1. The molecule has 1 heterocycles. The van der Waals surface area contributed by atoms with Gasteiger partial charge in [0, 0.05) is 16.4 Å². The molecular formula is C20H16BrFN2O2. The first kappa shape index (κ1) is 18.1. The molecular weight excluding hydrogens is 399 g/mol. The maximum atomic E-state index is 13.3. The Morgan fingerprint density at radius 3 is 2.69 bits per heavy atom. The van der Waals surface area contributed by atoms with Gasteiger partial charge in [0.25, 0.3) is 11.5 Å². The van der Waals surface area contributed by atoms with Crippen molar-refractivity contribution in [2.45, 2.75) is 13.5 Å². The molecule has 0 radical (unpaired) electrons. The van der Waals surface area contributed by atoms with Crippen molar-refractivity contribution in [3.63, 3.8) is 0 Å². The molecule has 6 heteroatoms. The highest BCUT2D eigenvalue weighted by atomic mass is 79.9. The number of pyridine rings is 1. The third-order valence-electron chi connectivity index (χ3n) is 3.94. The van der Waals surface area contributed by atoms with Crippen molar-refractivity contribution in [3.8, 4) is 0 Å². The Kier molecular flexibility index (Phi) is 5.32. The summed E-state index contributed by atoms with van der Waals surface area (Å²) < 4.78 is 15.6. The van der Waals surface area contributed by atoms with E-state index in [1.54, 1.807) is 30.5 Å². The molecule has 1 amide bonds. The van der Waals surface area contributed by atoms with Gasteiger partial charge in [0.05, 0.1) is 6.54 Å². The van der Waals surface area contributed by atoms with Crippen LogP contribution in [0.4, 0.5) is 10.1 Å². The lowest BCUT2D eigenvalue weighted by molar-refractivity contribution is 0.102. The average molecular weight is 415 g/mol. The van der Waals surface area contributed by atoms with Gasteiger partial charge in [-0.25, -0.2) is 4.39 Å². The van der Waals surface area contributed by atoms with Gasteiger partial charge >= 0.3 is 0 Å². The first-order valence-corrected chi connectivity index (χ1v) is 8.75. The number of hydrogen-bond acceptors (Lipinski definition) is 2. The molecule has 0 bridgehead atoms. The van der Waals surface area contributed by atoms with Gasteiger partial charge in [-0.05, 0) is 60.5 Å². The highest BCUT2D eigenvalue weighted by molar-refractivity contribution is 9.10. The summed E-state index contributed by atoms with van der Waals surface area (Å²) in [5, 5.41) is 2.76. The van der Waals surface area contributed by atoms with Crippen LogP contribution in [0.5, 0.6) is 0 Å². The van der Waals surface area contributed by atoms with Crippen molar-refractivity contribution < 1.29 is 9.18 Å². The number of amides is 1. The van der Waals surface area contributed by atoms with Crippen LogP contribution in [0, 0.1) is 12.7 Å². The molecule has 0 aliphatic rings. The number of benzene rings is 2. The summed E-state index contributed by atoms with van der Waals surface area (Å²) in [5.74, 6) is -0.843. The van der Waals surface area contributed by atoms with Gasteiger partial charge in [0.1, 0.15) is 11.4 Å². The summed E-state index contributed by atoms with van der Waals surface area (Å²) in [6.45, 7) is 2.06. The number of aromatic nitrogens is 1. The topological polar surface area (TPSA) is 51.1 Å². The Hall–Kier alpha value is -2.73. The number of rotatable bonds is 4. The maximum Gasteiger partial charge on any atom is 0.263 e. The van der Waals surface area contributed by atoms with Crippen molar-refractivity contribution in [2.75, 3.05) is 5.32 Å². The van der Waals surface area contributed by atoms with E-state index in [0.717, 1.165) is 10.0 Å². The fraction of sp³-hybridized carbons (Fsp3) is 0.100. The Labute approximate surface area is 158 Å². The lowest BCUT2D eigenvalue weighted by Crippen LogP contribution is -2.29. The summed E-state index contributed by atoms with van der Waals surface area (Å²) in [6.07, 6.45) is 1.58. The van der Waals surface area contributed by atoms with Crippen LogP contribution in [0.1, 0.15) is 21.5 Å². The van der Waals surface area contributed by atoms with Crippen molar-refractivity contribution in [2.24, 2.45) is 0 Å². The van der Waals surface area contributed by atoms with Crippen LogP contribution in [0.2, 0.25) is 0 Å². The molecule has 0 fully saturated rings. The predicted octanol–water partition coefficient (Wildman–Crippen LogP) is 4.36. The number of hydrogen-bond donors (Lipinski definition) is 1. The minimum absolute atomic E-state index is 0.0335. The molecule has 0 aliphatic carbocycles. The number of anilines is 1. The number of nitrogens with zero attached hydrogens (tertiary/aromatic N) is 1. The average Bonchev–Trinajstić information content (AvgIpc) is 2.59. The number of halogens is 2. The Morgan fingerprint density at radius 1 is 1.15 bits per heavy atom. The second-order valence-electron chi connectivity index (χ2n) is 5.90. The quantitative estimate of drug-likeness (QED) is 0.689. The van der Waals surface area contributed by atoms with Crippen LogP contribution in [-0.4, -0.2) is 10.5 Å². The zero-order chi connectivity index (χ0) is 18.7. The molecule has 0 atom stereocenters. The first-order chi connectivity index (χ1) is 12.4. The predicted molar refractivity (Wildman–Crippen MR) is 103 cm³/mol. The van der Waals surface area contributed by atoms with E-state index in [1.165, 1.54) is 22.8 Å². The van der Waals surface area contributed by atoms with Gasteiger partial charge in [-0.15, -0.1) is 0 Å². The molecule has 2 aromatic carbocycles. The SMILES string of the molecule is Cc1cc(Br)ccc1NC(=O)c1cccn(Cc2cccc(F)c2)c1=O. The van der Waals surface area contributed by atoms with Crippen LogP contribution >= 0.6 is 15.9 Å². The van der Waals surface area contributed by atoms with Crippen LogP contribution in [-0.2, 0) is 6.54 Å². The van der Waals surface area contributed by atoms with Crippen LogP contribution in [0.25, 0.3) is 0 Å². The van der Waals surface area contributed by atoms with Crippen LogP contribution in [0.3, 0.4) is 0 Å². The van der Waals surface area contributed by atoms with Gasteiger partial charge in [-0.3, -0.25) is 9.59 Å². The summed E-state index contributed by atoms with van der Waals surface area (Å²) in [6, 6.07) is 14.6. The molecule has 3 rings (SSSR count). The van der Waals surface area contributed by atoms with E-state index in [1.807, 2.05) is 19.1 Å². The molecule has 3 aromatic rings. The normalized spacial score (nSPS) is 10.6. The summed E-state index contributed by atoms with van der Waals surface area (Å²) in [4.78, 5) is 25.2. The number of aryl methyl sites for hydroxylation is 1. The molecule has 132 valence electrons. The van der Waals surface area contributed by atoms with Crippen molar-refractivity contribution in [1.29, 1.82) is 0 Å². The van der Waals surface area contributed by atoms with Crippen molar-refractivity contribution in [3.05, 3.63) is 98.1 Å². The summed E-state index contributed by atoms with van der Waals surface area (Å²) in [5.41, 5.74) is 1.77. The van der Waals surface area contributed by atoms with E-state index in [9.17, 15) is 14.0 Å². The molecule has 0 aliphatic heterocycles. The number of carbonyl (C=O) groups is 1. The first-order valence-electron chi connectivity index (χ1n) is 7.95. The van der Waals surface area contributed by atoms with Gasteiger partial charge < -0.3 is 9.88 Å². The van der Waals surface area contributed by atoms with Crippen molar-refractivity contribution >= 4 is 27.5 Å². The number of carbonyl (C=O) groups excluding carboxylic acids is 1.